The molecule has 114 valence electrons. The van der Waals surface area contributed by atoms with Crippen molar-refractivity contribution in [2.75, 3.05) is 0 Å². The van der Waals surface area contributed by atoms with Crippen LogP contribution in [0.15, 0.2) is 36.4 Å². The summed E-state index contributed by atoms with van der Waals surface area (Å²) in [6.07, 6.45) is 9.10. The van der Waals surface area contributed by atoms with Gasteiger partial charge in [0, 0.05) is 12.8 Å². The van der Waals surface area contributed by atoms with Gasteiger partial charge in [-0.2, -0.15) is 5.90 Å². The first kappa shape index (κ1) is 17.1. The van der Waals surface area contributed by atoms with Crippen molar-refractivity contribution < 1.29 is 14.4 Å². The lowest BCUT2D eigenvalue weighted by Gasteiger charge is -2.00. The van der Waals surface area contributed by atoms with Crippen LogP contribution in [0.2, 0.25) is 0 Å². The first-order valence-electron chi connectivity index (χ1n) is 7.38. The summed E-state index contributed by atoms with van der Waals surface area (Å²) in [5, 5.41) is 0. The average molecular weight is 289 g/mol. The van der Waals surface area contributed by atoms with Crippen LogP contribution in [-0.4, -0.2) is 11.8 Å². The van der Waals surface area contributed by atoms with Gasteiger partial charge in [0.1, 0.15) is 0 Å². The van der Waals surface area contributed by atoms with Crippen LogP contribution in [0.25, 0.3) is 6.08 Å². The summed E-state index contributed by atoms with van der Waals surface area (Å²) in [6, 6.07) is 9.79. The summed E-state index contributed by atoms with van der Waals surface area (Å²) < 4.78 is 0. The maximum absolute atomic E-state index is 11.7. The number of carbonyl (C=O) groups is 2. The minimum Gasteiger partial charge on any atom is -0.373 e. The van der Waals surface area contributed by atoms with E-state index in [9.17, 15) is 9.59 Å². The third kappa shape index (κ3) is 8.76. The Morgan fingerprint density at radius 3 is 2.24 bits per heavy atom. The quantitative estimate of drug-likeness (QED) is 0.407. The Labute approximate surface area is 125 Å². The Morgan fingerprint density at radius 1 is 0.952 bits per heavy atom. The first-order chi connectivity index (χ1) is 10.2. The number of unbranched alkanes of at least 4 members (excludes halogenated alkanes) is 4. The van der Waals surface area contributed by atoms with Crippen molar-refractivity contribution in [3.05, 3.63) is 42.0 Å². The molecule has 0 aliphatic rings. The van der Waals surface area contributed by atoms with Crippen molar-refractivity contribution in [3.8, 4) is 0 Å². The third-order valence-corrected chi connectivity index (χ3v) is 3.20. The first-order valence-corrected chi connectivity index (χ1v) is 7.38. The highest BCUT2D eigenvalue weighted by Gasteiger charge is 2.01. The Bertz CT molecular complexity index is 454. The largest absolute Gasteiger partial charge is 0.373 e. The van der Waals surface area contributed by atoms with E-state index in [2.05, 4.69) is 4.84 Å². The third-order valence-electron chi connectivity index (χ3n) is 3.20. The van der Waals surface area contributed by atoms with Crippen LogP contribution in [0.3, 0.4) is 0 Å². The summed E-state index contributed by atoms with van der Waals surface area (Å²) in [7, 11) is 0. The van der Waals surface area contributed by atoms with Gasteiger partial charge in [0.05, 0.1) is 0 Å². The molecule has 1 aromatic carbocycles. The lowest BCUT2D eigenvalue weighted by molar-refractivity contribution is -0.144. The van der Waals surface area contributed by atoms with E-state index in [4.69, 9.17) is 5.90 Å². The van der Waals surface area contributed by atoms with E-state index in [1.165, 1.54) is 0 Å². The molecule has 0 radical (unpaired) electrons. The lowest BCUT2D eigenvalue weighted by Crippen LogP contribution is -2.08. The highest BCUT2D eigenvalue weighted by Crippen LogP contribution is 2.09. The molecule has 0 bridgehead atoms. The summed E-state index contributed by atoms with van der Waals surface area (Å²) in [4.78, 5) is 26.5. The zero-order chi connectivity index (χ0) is 15.3. The van der Waals surface area contributed by atoms with Gasteiger partial charge in [-0.25, -0.2) is 0 Å². The molecule has 0 saturated heterocycles. The van der Waals surface area contributed by atoms with Crippen LogP contribution in [0.4, 0.5) is 0 Å². The molecule has 21 heavy (non-hydrogen) atoms. The van der Waals surface area contributed by atoms with Gasteiger partial charge >= 0.3 is 5.97 Å². The van der Waals surface area contributed by atoms with Gasteiger partial charge < -0.3 is 4.84 Å². The van der Waals surface area contributed by atoms with Gasteiger partial charge in [0.15, 0.2) is 5.78 Å². The predicted molar refractivity (Wildman–Crippen MR) is 83.1 cm³/mol. The molecule has 0 spiro atoms. The molecular weight excluding hydrogens is 266 g/mol. The maximum atomic E-state index is 11.7. The second kappa shape index (κ2) is 10.8. The monoisotopic (exact) mass is 289 g/mol. The Balaban J connectivity index is 2.04. The van der Waals surface area contributed by atoms with Gasteiger partial charge in [-0.15, -0.1) is 0 Å². The fraction of sp³-hybridized carbons (Fsp3) is 0.412. The average Bonchev–Trinajstić information content (AvgIpc) is 2.52. The SMILES string of the molecule is NOC(=O)CCCCCCCC(=O)/C=C/c1ccccc1. The van der Waals surface area contributed by atoms with Crippen molar-refractivity contribution in [3.63, 3.8) is 0 Å². The second-order valence-corrected chi connectivity index (χ2v) is 4.97. The molecule has 1 aromatic rings. The fourth-order valence-electron chi connectivity index (χ4n) is 1.99. The zero-order valence-corrected chi connectivity index (χ0v) is 12.3. The summed E-state index contributed by atoms with van der Waals surface area (Å²) in [6.45, 7) is 0. The number of allylic oxidation sites excluding steroid dienone is 1. The van der Waals surface area contributed by atoms with E-state index in [1.54, 1.807) is 6.08 Å². The molecule has 0 atom stereocenters. The molecule has 0 fully saturated rings. The minimum absolute atomic E-state index is 0.158. The molecule has 0 aliphatic heterocycles. The number of hydrogen-bond donors (Lipinski definition) is 1. The van der Waals surface area contributed by atoms with Crippen LogP contribution in [-0.2, 0) is 14.4 Å². The standard InChI is InChI=1S/C17H23NO3/c18-21-17(20)12-8-3-1-2-7-11-16(19)14-13-15-9-5-4-6-10-15/h4-6,9-10,13-14H,1-3,7-8,11-12,18H2/b14-13+. The topological polar surface area (TPSA) is 69.4 Å². The second-order valence-electron chi connectivity index (χ2n) is 4.97. The van der Waals surface area contributed by atoms with Crippen molar-refractivity contribution in [1.82, 2.24) is 0 Å². The van der Waals surface area contributed by atoms with Crippen LogP contribution in [0.5, 0.6) is 0 Å². The Hall–Kier alpha value is -1.94. The fourth-order valence-corrected chi connectivity index (χ4v) is 1.99. The number of carbonyl (C=O) groups excluding carboxylic acids is 2. The molecule has 1 rings (SSSR count). The number of nitrogens with two attached hydrogens (primary N) is 1. The van der Waals surface area contributed by atoms with Gasteiger partial charge in [0.2, 0.25) is 0 Å². The van der Waals surface area contributed by atoms with Gasteiger partial charge in [-0.3, -0.25) is 9.59 Å². The smallest absolute Gasteiger partial charge is 0.324 e. The molecular formula is C17H23NO3. The molecule has 4 nitrogen and oxygen atoms in total. The molecule has 0 heterocycles. The van der Waals surface area contributed by atoms with E-state index in [1.807, 2.05) is 36.4 Å². The van der Waals surface area contributed by atoms with Gasteiger partial charge in [-0.1, -0.05) is 55.7 Å². The van der Waals surface area contributed by atoms with Crippen LogP contribution in [0.1, 0.15) is 50.5 Å². The molecule has 4 heteroatoms. The summed E-state index contributed by atoms with van der Waals surface area (Å²) in [5.74, 6) is 4.54. The van der Waals surface area contributed by atoms with Crippen LogP contribution < -0.4 is 5.90 Å². The number of ketones is 1. The number of rotatable bonds is 10. The van der Waals surface area contributed by atoms with Crippen molar-refractivity contribution >= 4 is 17.8 Å². The van der Waals surface area contributed by atoms with Crippen molar-refractivity contribution in [2.24, 2.45) is 5.90 Å². The van der Waals surface area contributed by atoms with Crippen LogP contribution in [0, 0.1) is 0 Å². The Morgan fingerprint density at radius 2 is 1.57 bits per heavy atom. The normalized spacial score (nSPS) is 10.7. The Kier molecular flexibility index (Phi) is 8.80. The highest BCUT2D eigenvalue weighted by atomic mass is 16.7. The molecule has 2 N–H and O–H groups in total. The molecule has 0 saturated carbocycles. The molecule has 0 aliphatic carbocycles. The number of hydrogen-bond acceptors (Lipinski definition) is 4. The highest BCUT2D eigenvalue weighted by molar-refractivity contribution is 5.93. The molecule has 0 aromatic heterocycles. The van der Waals surface area contributed by atoms with Crippen molar-refractivity contribution in [1.29, 1.82) is 0 Å². The summed E-state index contributed by atoms with van der Waals surface area (Å²) >= 11 is 0. The molecule has 0 unspecified atom stereocenters. The number of benzene rings is 1. The van der Waals surface area contributed by atoms with E-state index >= 15 is 0 Å². The molecule has 0 amide bonds. The van der Waals surface area contributed by atoms with Gasteiger partial charge in [0.25, 0.3) is 0 Å². The van der Waals surface area contributed by atoms with E-state index in [0.717, 1.165) is 37.7 Å². The van der Waals surface area contributed by atoms with E-state index in [-0.39, 0.29) is 11.8 Å². The van der Waals surface area contributed by atoms with Crippen LogP contribution >= 0.6 is 0 Å². The maximum Gasteiger partial charge on any atom is 0.324 e. The predicted octanol–water partition coefficient (Wildman–Crippen LogP) is 3.42. The zero-order valence-electron chi connectivity index (χ0n) is 12.3. The minimum atomic E-state index is -0.365. The van der Waals surface area contributed by atoms with Crippen molar-refractivity contribution in [2.45, 2.75) is 44.9 Å². The summed E-state index contributed by atoms with van der Waals surface area (Å²) in [5.41, 5.74) is 1.04. The van der Waals surface area contributed by atoms with Gasteiger partial charge in [-0.05, 0) is 24.5 Å². The van der Waals surface area contributed by atoms with E-state index in [0.29, 0.717) is 12.8 Å². The lowest BCUT2D eigenvalue weighted by atomic mass is 10.1. The van der Waals surface area contributed by atoms with E-state index < -0.39 is 0 Å².